The van der Waals surface area contributed by atoms with Gasteiger partial charge < -0.3 is 21.1 Å². The van der Waals surface area contributed by atoms with E-state index in [1.165, 1.54) is 10.4 Å². The molecule has 9 nitrogen and oxygen atoms in total. The zero-order valence-corrected chi connectivity index (χ0v) is 23.6. The highest BCUT2D eigenvalue weighted by Gasteiger charge is 2.38. The van der Waals surface area contributed by atoms with Crippen LogP contribution in [0.15, 0.2) is 71.7 Å². The molecule has 1 amide bonds. The van der Waals surface area contributed by atoms with Crippen molar-refractivity contribution >= 4 is 29.0 Å². The van der Waals surface area contributed by atoms with Crippen molar-refractivity contribution in [2.45, 2.75) is 51.2 Å². The van der Waals surface area contributed by atoms with E-state index in [-0.39, 0.29) is 17.3 Å². The lowest BCUT2D eigenvalue weighted by Gasteiger charge is -2.16. The lowest BCUT2D eigenvalue weighted by atomic mass is 10.0. The van der Waals surface area contributed by atoms with Crippen molar-refractivity contribution < 1.29 is 27.9 Å². The Bertz CT molecular complexity index is 1670. The normalized spacial score (nSPS) is 15.2. The number of amides is 1. The fraction of sp³-hybridized carbons (Fsp3) is 0.267. The summed E-state index contributed by atoms with van der Waals surface area (Å²) in [6.45, 7) is 2.76. The van der Waals surface area contributed by atoms with Gasteiger partial charge in [-0.2, -0.15) is 13.2 Å². The molecule has 2 aromatic carbocycles. The van der Waals surface area contributed by atoms with Gasteiger partial charge in [0.25, 0.3) is 5.56 Å². The van der Waals surface area contributed by atoms with E-state index in [1.807, 2.05) is 30.3 Å². The molecule has 43 heavy (non-hydrogen) atoms. The van der Waals surface area contributed by atoms with E-state index in [1.54, 1.807) is 22.1 Å². The van der Waals surface area contributed by atoms with Crippen LogP contribution in [0, 0.1) is 0 Å². The van der Waals surface area contributed by atoms with E-state index in [9.17, 15) is 22.8 Å². The Labute approximate surface area is 248 Å². The first-order chi connectivity index (χ1) is 20.6. The second-order valence-electron chi connectivity index (χ2n) is 10.0. The molecule has 0 spiro atoms. The first-order valence-electron chi connectivity index (χ1n) is 13.5. The number of carboxylic acids is 1. The largest absolute Gasteiger partial charge is 0.490 e. The van der Waals surface area contributed by atoms with Gasteiger partial charge in [-0.15, -0.1) is 11.3 Å². The van der Waals surface area contributed by atoms with Crippen molar-refractivity contribution in [3.05, 3.63) is 104 Å². The number of aliphatic carboxylic acids is 1. The first kappa shape index (κ1) is 30.0. The Balaban J connectivity index is 0.000000472. The number of fused-ring (bicyclic) bond motifs is 2. The van der Waals surface area contributed by atoms with Crippen LogP contribution >= 0.6 is 11.3 Å². The summed E-state index contributed by atoms with van der Waals surface area (Å²) in [5, 5.41) is 16.7. The number of carbonyl (C=O) groups is 2. The number of anilines is 1. The van der Waals surface area contributed by atoms with Crippen LogP contribution in [0.2, 0.25) is 0 Å². The summed E-state index contributed by atoms with van der Waals surface area (Å²) in [5.41, 5.74) is 5.20. The Morgan fingerprint density at radius 3 is 2.51 bits per heavy atom. The van der Waals surface area contributed by atoms with E-state index in [0.29, 0.717) is 25.9 Å². The van der Waals surface area contributed by atoms with Gasteiger partial charge in [0.2, 0.25) is 5.91 Å². The third-order valence-corrected chi connectivity index (χ3v) is 8.26. The maximum Gasteiger partial charge on any atom is 0.490 e. The number of nitrogens with zero attached hydrogens (tertiary/aromatic N) is 2. The smallest absolute Gasteiger partial charge is 0.475 e. The van der Waals surface area contributed by atoms with Crippen molar-refractivity contribution in [1.82, 2.24) is 20.2 Å². The molecule has 2 aliphatic rings. The Morgan fingerprint density at radius 2 is 1.79 bits per heavy atom. The number of benzene rings is 2. The molecule has 0 radical (unpaired) electrons. The van der Waals surface area contributed by atoms with Gasteiger partial charge in [-0.05, 0) is 47.2 Å². The predicted molar refractivity (Wildman–Crippen MR) is 155 cm³/mol. The molecule has 1 atom stereocenters. The molecule has 4 heterocycles. The molecular formula is C30H28F3N5O4S. The summed E-state index contributed by atoms with van der Waals surface area (Å²) in [7, 11) is 0. The molecule has 0 saturated heterocycles. The SMILES string of the molecule is O=C(NCc1cc2c(s1)CNC2)[C@@H]1CCc2cnc(NCc3cccc(-c4ccccc4)c3)c(=O)n21.O=C(O)C(F)(F)F. The van der Waals surface area contributed by atoms with Crippen molar-refractivity contribution in [3.63, 3.8) is 0 Å². The Kier molecular flexibility index (Phi) is 8.92. The number of hydrogen-bond donors (Lipinski definition) is 4. The number of hydrogen-bond acceptors (Lipinski definition) is 7. The number of aromatic nitrogens is 2. The molecule has 6 rings (SSSR count). The number of carboxylic acid groups (broad SMARTS) is 1. The number of halogens is 3. The van der Waals surface area contributed by atoms with Gasteiger partial charge in [0.1, 0.15) is 6.04 Å². The molecule has 0 unspecified atom stereocenters. The minimum Gasteiger partial charge on any atom is -0.475 e. The molecular weight excluding hydrogens is 583 g/mol. The van der Waals surface area contributed by atoms with Crippen LogP contribution in [0.3, 0.4) is 0 Å². The quantitative estimate of drug-likeness (QED) is 0.240. The van der Waals surface area contributed by atoms with Crippen molar-refractivity contribution in [2.75, 3.05) is 5.32 Å². The van der Waals surface area contributed by atoms with E-state index < -0.39 is 18.2 Å². The number of carbonyl (C=O) groups excluding carboxylic acids is 1. The molecule has 2 aromatic heterocycles. The monoisotopic (exact) mass is 611 g/mol. The van der Waals surface area contributed by atoms with Crippen molar-refractivity contribution in [1.29, 1.82) is 0 Å². The van der Waals surface area contributed by atoms with Crippen molar-refractivity contribution in [2.24, 2.45) is 0 Å². The summed E-state index contributed by atoms with van der Waals surface area (Å²) in [4.78, 5) is 42.1. The van der Waals surface area contributed by atoms with Gasteiger partial charge in [0.05, 0.1) is 6.54 Å². The first-order valence-corrected chi connectivity index (χ1v) is 14.3. The van der Waals surface area contributed by atoms with E-state index in [0.717, 1.165) is 40.4 Å². The zero-order valence-electron chi connectivity index (χ0n) is 22.8. The van der Waals surface area contributed by atoms with Crippen LogP contribution in [-0.4, -0.2) is 32.7 Å². The summed E-state index contributed by atoms with van der Waals surface area (Å²) in [5.74, 6) is -2.60. The molecule has 0 aliphatic carbocycles. The molecule has 2 aliphatic heterocycles. The molecule has 0 saturated carbocycles. The van der Waals surface area contributed by atoms with Crippen LogP contribution in [0.25, 0.3) is 11.1 Å². The average Bonchev–Trinajstić information content (AvgIpc) is 3.72. The number of rotatable bonds is 7. The fourth-order valence-electron chi connectivity index (χ4n) is 5.01. The topological polar surface area (TPSA) is 125 Å². The van der Waals surface area contributed by atoms with E-state index in [2.05, 4.69) is 51.3 Å². The minimum atomic E-state index is -5.08. The molecule has 4 N–H and O–H groups in total. The molecule has 224 valence electrons. The number of alkyl halides is 3. The minimum absolute atomic E-state index is 0.116. The third-order valence-electron chi connectivity index (χ3n) is 7.08. The van der Waals surface area contributed by atoms with E-state index >= 15 is 0 Å². The summed E-state index contributed by atoms with van der Waals surface area (Å²) in [6, 6.07) is 20.1. The second kappa shape index (κ2) is 12.8. The highest BCUT2D eigenvalue weighted by molar-refractivity contribution is 7.12. The number of aryl methyl sites for hydroxylation is 1. The molecule has 0 bridgehead atoms. The van der Waals surface area contributed by atoms with Gasteiger partial charge in [-0.25, -0.2) is 9.78 Å². The van der Waals surface area contributed by atoms with Crippen LogP contribution in [0.4, 0.5) is 19.0 Å². The van der Waals surface area contributed by atoms with Gasteiger partial charge >= 0.3 is 12.1 Å². The maximum atomic E-state index is 13.3. The Morgan fingerprint density at radius 1 is 1.05 bits per heavy atom. The van der Waals surface area contributed by atoms with Crippen LogP contribution in [0.5, 0.6) is 0 Å². The maximum absolute atomic E-state index is 13.3. The molecule has 4 aromatic rings. The van der Waals surface area contributed by atoms with Gasteiger partial charge in [-0.3, -0.25) is 14.2 Å². The highest BCUT2D eigenvalue weighted by atomic mass is 32.1. The van der Waals surface area contributed by atoms with Crippen LogP contribution in [0.1, 0.15) is 39.0 Å². The second-order valence-corrected chi connectivity index (χ2v) is 11.3. The zero-order chi connectivity index (χ0) is 30.6. The lowest BCUT2D eigenvalue weighted by Crippen LogP contribution is -2.36. The van der Waals surface area contributed by atoms with Crippen molar-refractivity contribution in [3.8, 4) is 11.1 Å². The Hall–Kier alpha value is -4.49. The highest BCUT2D eigenvalue weighted by Crippen LogP contribution is 2.28. The standard InChI is InChI=1S/C28H27N5O2S.C2HF3O2/c34-27(32-16-23-12-21-14-29-17-25(21)36-23)24-10-9-22-15-31-26(28(35)33(22)24)30-13-18-5-4-8-20(11-18)19-6-2-1-3-7-19;3-2(4,5)1(6)7/h1-8,11-12,15,24,29H,9-10,13-14,16-17H2,(H,30,31)(H,32,34);(H,6,7)/t24-;/m0./s1. The molecule has 0 fully saturated rings. The van der Waals surface area contributed by atoms with Gasteiger partial charge in [0, 0.05) is 41.3 Å². The van der Waals surface area contributed by atoms with Gasteiger partial charge in [-0.1, -0.05) is 48.5 Å². The van der Waals surface area contributed by atoms with Gasteiger partial charge in [0.15, 0.2) is 5.82 Å². The molecule has 13 heteroatoms. The lowest BCUT2D eigenvalue weighted by molar-refractivity contribution is -0.192. The summed E-state index contributed by atoms with van der Waals surface area (Å²) < 4.78 is 33.4. The third kappa shape index (κ3) is 7.12. The van der Waals surface area contributed by atoms with Crippen LogP contribution in [-0.2, 0) is 42.2 Å². The number of nitrogens with one attached hydrogen (secondary N) is 3. The van der Waals surface area contributed by atoms with Crippen LogP contribution < -0.4 is 21.5 Å². The van der Waals surface area contributed by atoms with E-state index in [4.69, 9.17) is 9.90 Å². The summed E-state index contributed by atoms with van der Waals surface area (Å²) >= 11 is 1.74. The number of thiophene rings is 1. The summed E-state index contributed by atoms with van der Waals surface area (Å²) in [6.07, 6.45) is -2.09. The average molecular weight is 612 g/mol. The predicted octanol–water partition coefficient (Wildman–Crippen LogP) is 4.62. The fourth-order valence-corrected chi connectivity index (χ4v) is 6.10.